The maximum Gasteiger partial charge on any atom is 0.174 e. The number of likely N-dealkylation sites (tertiary alicyclic amines) is 1. The summed E-state index contributed by atoms with van der Waals surface area (Å²) in [5.41, 5.74) is 0.256. The minimum Gasteiger partial charge on any atom is -0.504 e. The monoisotopic (exact) mass is 327 g/mol. The average molecular weight is 327 g/mol. The Morgan fingerprint density at radius 2 is 2.25 bits per heavy atom. The molecule has 5 heteroatoms. The number of aliphatic hydroxyl groups is 1. The second-order valence-electron chi connectivity index (χ2n) is 7.56. The van der Waals surface area contributed by atoms with Gasteiger partial charge in [-0.3, -0.25) is 9.69 Å². The molecule has 1 aromatic carbocycles. The van der Waals surface area contributed by atoms with Gasteiger partial charge in [-0.1, -0.05) is 12.1 Å². The molecule has 1 saturated carbocycles. The van der Waals surface area contributed by atoms with E-state index in [4.69, 9.17) is 4.74 Å². The van der Waals surface area contributed by atoms with Crippen molar-refractivity contribution >= 4 is 5.78 Å². The van der Waals surface area contributed by atoms with Crippen molar-refractivity contribution in [1.29, 1.82) is 0 Å². The van der Waals surface area contributed by atoms with Crippen molar-refractivity contribution in [3.05, 3.63) is 35.9 Å². The van der Waals surface area contributed by atoms with E-state index in [2.05, 4.69) is 11.5 Å². The van der Waals surface area contributed by atoms with Crippen LogP contribution in [0.25, 0.3) is 0 Å². The molecule has 2 aliphatic heterocycles. The normalized spacial score (nSPS) is 39.3. The molecule has 2 heterocycles. The SMILES string of the molecule is C=CCN1CC[C@]23c4c5ccc(O)c4O[C@H]2C(=O)CC[C@]3(O)[C@@H]1C5. The Morgan fingerprint density at radius 3 is 3.04 bits per heavy atom. The highest BCUT2D eigenvalue weighted by Crippen LogP contribution is 2.64. The quantitative estimate of drug-likeness (QED) is 0.802. The maximum absolute atomic E-state index is 12.6. The van der Waals surface area contributed by atoms with Crippen molar-refractivity contribution in [3.63, 3.8) is 0 Å². The zero-order chi connectivity index (χ0) is 16.7. The molecule has 0 amide bonds. The Kier molecular flexibility index (Phi) is 2.66. The Morgan fingerprint density at radius 1 is 1.42 bits per heavy atom. The standard InChI is InChI=1S/C19H21NO4/c1-2-8-20-9-7-18-15-11-3-4-12(21)16(15)24-17(18)13(22)5-6-19(18,23)14(20)10-11/h2-4,14,17,21,23H,1,5-10H2/t14-,17-,18-,19-/m0/s1. The maximum atomic E-state index is 12.6. The molecule has 1 aromatic rings. The van der Waals surface area contributed by atoms with Gasteiger partial charge in [0.05, 0.1) is 11.0 Å². The number of nitrogens with zero attached hydrogens (tertiary/aromatic N) is 1. The van der Waals surface area contributed by atoms with Gasteiger partial charge in [0, 0.05) is 31.1 Å². The lowest BCUT2D eigenvalue weighted by atomic mass is 9.49. The second kappa shape index (κ2) is 4.41. The summed E-state index contributed by atoms with van der Waals surface area (Å²) in [5, 5.41) is 22.1. The van der Waals surface area contributed by atoms with Crippen molar-refractivity contribution in [1.82, 2.24) is 4.90 Å². The van der Waals surface area contributed by atoms with E-state index in [0.29, 0.717) is 31.4 Å². The van der Waals surface area contributed by atoms with Gasteiger partial charge in [-0.05, 0) is 30.9 Å². The topological polar surface area (TPSA) is 70.0 Å². The number of benzene rings is 1. The number of phenols is 1. The van der Waals surface area contributed by atoms with E-state index in [-0.39, 0.29) is 17.6 Å². The van der Waals surface area contributed by atoms with Crippen LogP contribution in [0, 0.1) is 0 Å². The van der Waals surface area contributed by atoms with Gasteiger partial charge in [0.15, 0.2) is 23.4 Å². The van der Waals surface area contributed by atoms with Gasteiger partial charge < -0.3 is 14.9 Å². The summed E-state index contributed by atoms with van der Waals surface area (Å²) in [4.78, 5) is 14.9. The third-order valence-corrected chi connectivity index (χ3v) is 6.73. The van der Waals surface area contributed by atoms with Gasteiger partial charge in [-0.15, -0.1) is 6.58 Å². The first kappa shape index (κ1) is 14.5. The molecule has 2 fully saturated rings. The van der Waals surface area contributed by atoms with Crippen LogP contribution in [-0.4, -0.2) is 51.7 Å². The summed E-state index contributed by atoms with van der Waals surface area (Å²) >= 11 is 0. The van der Waals surface area contributed by atoms with E-state index in [9.17, 15) is 15.0 Å². The lowest BCUT2D eigenvalue weighted by Gasteiger charge is -2.62. The van der Waals surface area contributed by atoms with Crippen LogP contribution in [-0.2, 0) is 16.6 Å². The number of Topliss-reactive ketones (excluding diaryl/α,β-unsaturated/α-hetero) is 1. The molecule has 2 aliphatic carbocycles. The number of aromatic hydroxyl groups is 1. The van der Waals surface area contributed by atoms with E-state index >= 15 is 0 Å². The molecule has 1 saturated heterocycles. The van der Waals surface area contributed by atoms with Crippen LogP contribution in [0.4, 0.5) is 0 Å². The minimum absolute atomic E-state index is 0.0408. The summed E-state index contributed by atoms with van der Waals surface area (Å²) in [6.45, 7) is 5.36. The molecular formula is C19H21NO4. The van der Waals surface area contributed by atoms with Crippen LogP contribution < -0.4 is 4.74 Å². The van der Waals surface area contributed by atoms with Gasteiger partial charge in [-0.25, -0.2) is 0 Å². The second-order valence-corrected chi connectivity index (χ2v) is 7.56. The summed E-state index contributed by atoms with van der Waals surface area (Å²) < 4.78 is 5.98. The number of piperidine rings is 1. The van der Waals surface area contributed by atoms with Crippen LogP contribution in [0.2, 0.25) is 0 Å². The smallest absolute Gasteiger partial charge is 0.174 e. The molecule has 4 aliphatic rings. The molecule has 0 aromatic heterocycles. The number of carbonyl (C=O) groups is 1. The molecule has 24 heavy (non-hydrogen) atoms. The van der Waals surface area contributed by atoms with Crippen molar-refractivity contribution in [2.24, 2.45) is 0 Å². The summed E-state index contributed by atoms with van der Waals surface area (Å²) in [6, 6.07) is 3.52. The number of hydrogen-bond acceptors (Lipinski definition) is 5. The molecule has 126 valence electrons. The van der Waals surface area contributed by atoms with Crippen LogP contribution >= 0.6 is 0 Å². The first-order valence-electron chi connectivity index (χ1n) is 8.65. The van der Waals surface area contributed by atoms with Crippen LogP contribution in [0.1, 0.15) is 30.4 Å². The van der Waals surface area contributed by atoms with Gasteiger partial charge in [-0.2, -0.15) is 0 Å². The number of rotatable bonds is 2. The van der Waals surface area contributed by atoms with Crippen molar-refractivity contribution < 1.29 is 19.7 Å². The fourth-order valence-electron chi connectivity index (χ4n) is 5.80. The number of ether oxygens (including phenoxy) is 1. The van der Waals surface area contributed by atoms with Crippen LogP contribution in [0.3, 0.4) is 0 Å². The number of hydrogen-bond donors (Lipinski definition) is 2. The van der Waals surface area contributed by atoms with Gasteiger partial charge in [0.2, 0.25) is 0 Å². The van der Waals surface area contributed by atoms with E-state index < -0.39 is 17.1 Å². The van der Waals surface area contributed by atoms with E-state index in [1.165, 1.54) is 0 Å². The molecule has 0 unspecified atom stereocenters. The number of carbonyl (C=O) groups excluding carboxylic acids is 1. The third kappa shape index (κ3) is 1.38. The molecule has 4 atom stereocenters. The first-order chi connectivity index (χ1) is 11.5. The van der Waals surface area contributed by atoms with Crippen molar-refractivity contribution in [2.45, 2.75) is 48.8 Å². The molecule has 2 bridgehead atoms. The highest BCUT2D eigenvalue weighted by atomic mass is 16.5. The molecule has 1 spiro atoms. The fraction of sp³-hybridized carbons (Fsp3) is 0.526. The number of phenolic OH excluding ortho intramolecular Hbond substituents is 1. The molecule has 5 rings (SSSR count). The Labute approximate surface area is 140 Å². The zero-order valence-corrected chi connectivity index (χ0v) is 13.5. The average Bonchev–Trinajstić information content (AvgIpc) is 2.91. The Hall–Kier alpha value is -1.85. The van der Waals surface area contributed by atoms with Crippen LogP contribution in [0.15, 0.2) is 24.8 Å². The lowest BCUT2D eigenvalue weighted by molar-refractivity contribution is -0.187. The Bertz CT molecular complexity index is 775. The number of ketones is 1. The predicted molar refractivity (Wildman–Crippen MR) is 87.3 cm³/mol. The van der Waals surface area contributed by atoms with Gasteiger partial charge >= 0.3 is 0 Å². The summed E-state index contributed by atoms with van der Waals surface area (Å²) in [6.07, 6.45) is 3.35. The minimum atomic E-state index is -1.00. The van der Waals surface area contributed by atoms with Crippen LogP contribution in [0.5, 0.6) is 11.5 Å². The van der Waals surface area contributed by atoms with E-state index in [1.54, 1.807) is 6.07 Å². The van der Waals surface area contributed by atoms with Crippen molar-refractivity contribution in [3.8, 4) is 11.5 Å². The van der Waals surface area contributed by atoms with Gasteiger partial charge in [0.25, 0.3) is 0 Å². The predicted octanol–water partition coefficient (Wildman–Crippen LogP) is 1.30. The lowest BCUT2D eigenvalue weighted by Crippen LogP contribution is -2.76. The molecule has 0 radical (unpaired) electrons. The fourth-order valence-corrected chi connectivity index (χ4v) is 5.80. The zero-order valence-electron chi connectivity index (χ0n) is 13.5. The summed E-state index contributed by atoms with van der Waals surface area (Å²) in [7, 11) is 0. The van der Waals surface area contributed by atoms with E-state index in [0.717, 1.165) is 24.2 Å². The van der Waals surface area contributed by atoms with E-state index in [1.807, 2.05) is 12.1 Å². The highest BCUT2D eigenvalue weighted by molar-refractivity contribution is 5.90. The first-order valence-corrected chi connectivity index (χ1v) is 8.65. The molecule has 2 N–H and O–H groups in total. The molecular weight excluding hydrogens is 306 g/mol. The molecule has 5 nitrogen and oxygen atoms in total. The Balaban J connectivity index is 1.80. The third-order valence-electron chi connectivity index (χ3n) is 6.73. The summed E-state index contributed by atoms with van der Waals surface area (Å²) in [5.74, 6) is 0.528. The van der Waals surface area contributed by atoms with Crippen molar-refractivity contribution in [2.75, 3.05) is 13.1 Å². The van der Waals surface area contributed by atoms with Gasteiger partial charge in [0.1, 0.15) is 0 Å². The highest BCUT2D eigenvalue weighted by Gasteiger charge is 2.72. The largest absolute Gasteiger partial charge is 0.504 e.